The highest BCUT2D eigenvalue weighted by molar-refractivity contribution is 6.76. The summed E-state index contributed by atoms with van der Waals surface area (Å²) in [5.74, 6) is 2.28. The Labute approximate surface area is 225 Å². The van der Waals surface area contributed by atoms with E-state index in [0.717, 1.165) is 35.6 Å². The fourth-order valence-corrected chi connectivity index (χ4v) is 5.32. The van der Waals surface area contributed by atoms with Crippen LogP contribution in [0, 0.1) is 5.92 Å². The molecule has 0 radical (unpaired) electrons. The maximum atomic E-state index is 12.5. The fraction of sp³-hybridized carbons (Fsp3) is 0.500. The Morgan fingerprint density at radius 2 is 1.89 bits per heavy atom. The largest absolute Gasteiger partial charge is 0.496 e. The van der Waals surface area contributed by atoms with Crippen molar-refractivity contribution >= 4 is 14.2 Å². The zero-order valence-electron chi connectivity index (χ0n) is 22.9. The van der Waals surface area contributed by atoms with Crippen molar-refractivity contribution in [2.45, 2.75) is 64.5 Å². The van der Waals surface area contributed by atoms with Crippen molar-refractivity contribution in [1.29, 1.82) is 0 Å². The number of aromatic nitrogens is 4. The number of nitrogens with zero attached hydrogens (tertiary/aromatic N) is 4. The average Bonchev–Trinajstić information content (AvgIpc) is 3.39. The van der Waals surface area contributed by atoms with Gasteiger partial charge in [-0.05, 0) is 49.1 Å². The summed E-state index contributed by atoms with van der Waals surface area (Å²) in [5.41, 5.74) is 2.37. The monoisotopic (exact) mass is 537 g/mol. The third kappa shape index (κ3) is 7.88. The lowest BCUT2D eigenvalue weighted by molar-refractivity contribution is 0.0880. The van der Waals surface area contributed by atoms with Gasteiger partial charge < -0.3 is 19.5 Å². The number of pyridine rings is 1. The van der Waals surface area contributed by atoms with Crippen LogP contribution in [0.25, 0.3) is 22.5 Å². The van der Waals surface area contributed by atoms with Crippen LogP contribution in [0.4, 0.5) is 4.79 Å². The van der Waals surface area contributed by atoms with E-state index in [9.17, 15) is 4.79 Å². The summed E-state index contributed by atoms with van der Waals surface area (Å²) in [4.78, 5) is 16.9. The predicted molar refractivity (Wildman–Crippen MR) is 150 cm³/mol. The molecule has 0 aliphatic heterocycles. The second-order valence-corrected chi connectivity index (χ2v) is 16.7. The fourth-order valence-electron chi connectivity index (χ4n) is 4.56. The van der Waals surface area contributed by atoms with Gasteiger partial charge in [0.15, 0.2) is 5.82 Å². The lowest BCUT2D eigenvalue weighted by atomic mass is 9.89. The first kappa shape index (κ1) is 27.8. The molecule has 0 bridgehead atoms. The molecule has 2 heterocycles. The highest BCUT2D eigenvalue weighted by Crippen LogP contribution is 2.35. The smallest absolute Gasteiger partial charge is 0.412 e. The number of hydrogen-bond donors (Lipinski definition) is 1. The van der Waals surface area contributed by atoms with E-state index in [2.05, 4.69) is 40.1 Å². The van der Waals surface area contributed by atoms with Gasteiger partial charge in [-0.25, -0.2) is 4.79 Å². The van der Waals surface area contributed by atoms with Crippen LogP contribution >= 0.6 is 0 Å². The van der Waals surface area contributed by atoms with Gasteiger partial charge in [0.2, 0.25) is 0 Å². The highest BCUT2D eigenvalue weighted by Gasteiger charge is 2.17. The van der Waals surface area contributed by atoms with Gasteiger partial charge in [0.25, 0.3) is 0 Å². The molecular weight excluding hydrogens is 498 g/mol. The zero-order chi connectivity index (χ0) is 27.0. The molecule has 10 heteroatoms. The maximum Gasteiger partial charge on any atom is 0.412 e. The number of hydrogen-bond acceptors (Lipinski definition) is 7. The van der Waals surface area contributed by atoms with Gasteiger partial charge in [0.1, 0.15) is 24.6 Å². The van der Waals surface area contributed by atoms with Crippen LogP contribution in [0.5, 0.6) is 11.5 Å². The summed E-state index contributed by atoms with van der Waals surface area (Å²) in [5, 5.41) is 11.3. The van der Waals surface area contributed by atoms with E-state index in [1.165, 1.54) is 19.3 Å². The number of benzene rings is 1. The van der Waals surface area contributed by atoms with Crippen LogP contribution < -0.4 is 14.8 Å². The van der Waals surface area contributed by atoms with Crippen LogP contribution in [0.3, 0.4) is 0 Å². The second-order valence-electron chi connectivity index (χ2n) is 11.1. The Morgan fingerprint density at radius 3 is 2.66 bits per heavy atom. The first-order valence-corrected chi connectivity index (χ1v) is 17.1. The molecule has 9 nitrogen and oxygen atoms in total. The number of carbonyl (C=O) groups excluding carboxylic acids is 1. The highest BCUT2D eigenvalue weighted by atomic mass is 28.3. The van der Waals surface area contributed by atoms with Gasteiger partial charge in [-0.3, -0.25) is 9.55 Å². The van der Waals surface area contributed by atoms with Crippen molar-refractivity contribution in [3.8, 4) is 34.0 Å². The van der Waals surface area contributed by atoms with E-state index in [-0.39, 0.29) is 0 Å². The first-order chi connectivity index (χ1) is 18.3. The Balaban J connectivity index is 1.46. The predicted octanol–water partition coefficient (Wildman–Crippen LogP) is 6.00. The van der Waals surface area contributed by atoms with Crippen LogP contribution in [0.15, 0.2) is 43.0 Å². The molecule has 1 N–H and O–H groups in total. The van der Waals surface area contributed by atoms with Crippen LogP contribution in [-0.4, -0.2) is 54.2 Å². The van der Waals surface area contributed by atoms with Crippen LogP contribution in [0.1, 0.15) is 32.1 Å². The number of nitrogens with one attached hydrogen (secondary N) is 1. The van der Waals surface area contributed by atoms with Crippen LogP contribution in [-0.2, 0) is 11.5 Å². The summed E-state index contributed by atoms with van der Waals surface area (Å²) in [7, 11) is 0.451. The summed E-state index contributed by atoms with van der Waals surface area (Å²) in [6.45, 7) is 8.72. The van der Waals surface area contributed by atoms with Crippen molar-refractivity contribution < 1.29 is 19.0 Å². The van der Waals surface area contributed by atoms with Gasteiger partial charge in [-0.2, -0.15) is 0 Å². The number of amides is 1. The molecule has 1 fully saturated rings. The van der Waals surface area contributed by atoms with Gasteiger partial charge in [0.05, 0.1) is 7.11 Å². The number of ether oxygens (including phenoxy) is 3. The lowest BCUT2D eigenvalue weighted by Gasteiger charge is -2.21. The van der Waals surface area contributed by atoms with Crippen molar-refractivity contribution in [3.05, 3.63) is 43.0 Å². The van der Waals surface area contributed by atoms with Gasteiger partial charge in [-0.1, -0.05) is 38.9 Å². The maximum absolute atomic E-state index is 12.5. The molecule has 1 aliphatic rings. The molecule has 0 spiro atoms. The summed E-state index contributed by atoms with van der Waals surface area (Å²) in [6.07, 6.45) is 10.8. The molecule has 4 rings (SSSR count). The SMILES string of the molecule is COc1ccc(OC(=O)NCC2CCCCC2)cc1-c1cncc(-c2nncn2COCC[Si](C)(C)C)c1. The topological polar surface area (TPSA) is 100 Å². The molecule has 1 aromatic carbocycles. The molecular formula is C28H39N5O4Si. The zero-order valence-corrected chi connectivity index (χ0v) is 23.9. The lowest BCUT2D eigenvalue weighted by Crippen LogP contribution is -2.32. The minimum absolute atomic E-state index is 0.375. The molecule has 2 aromatic heterocycles. The number of methoxy groups -OCH3 is 1. The summed E-state index contributed by atoms with van der Waals surface area (Å²) >= 11 is 0. The number of rotatable bonds is 11. The minimum Gasteiger partial charge on any atom is -0.496 e. The molecule has 0 unspecified atom stereocenters. The minimum atomic E-state index is -1.16. The molecule has 0 saturated heterocycles. The van der Waals surface area contributed by atoms with E-state index in [0.29, 0.717) is 43.1 Å². The Kier molecular flexibility index (Phi) is 9.51. The van der Waals surface area contributed by atoms with Gasteiger partial charge in [0, 0.05) is 50.3 Å². The standard InChI is InChI=1S/C28H39N5O4Si/c1-35-26-11-10-24(37-28(34)30-16-21-8-6-5-7-9-21)15-25(26)22-14-23(18-29-17-22)27-32-31-19-33(27)20-36-12-13-38(2,3)4/h10-11,14-15,17-19,21H,5-9,12-13,16,20H2,1-4H3,(H,30,34). The van der Waals surface area contributed by atoms with E-state index in [1.807, 2.05) is 10.6 Å². The summed E-state index contributed by atoms with van der Waals surface area (Å²) < 4.78 is 19.0. The van der Waals surface area contributed by atoms with E-state index in [1.54, 1.807) is 44.0 Å². The molecule has 38 heavy (non-hydrogen) atoms. The Hall–Kier alpha value is -3.24. The second kappa shape index (κ2) is 13.0. The summed E-state index contributed by atoms with van der Waals surface area (Å²) in [6, 6.07) is 8.39. The quantitative estimate of drug-likeness (QED) is 0.237. The molecule has 0 atom stereocenters. The van der Waals surface area contributed by atoms with Gasteiger partial charge >= 0.3 is 6.09 Å². The molecule has 3 aromatic rings. The van der Waals surface area contributed by atoms with Crippen LogP contribution in [0.2, 0.25) is 25.7 Å². The van der Waals surface area contributed by atoms with Gasteiger partial charge in [-0.15, -0.1) is 10.2 Å². The van der Waals surface area contributed by atoms with E-state index < -0.39 is 14.2 Å². The molecule has 1 aliphatic carbocycles. The molecule has 204 valence electrons. The van der Waals surface area contributed by atoms with Crippen molar-refractivity contribution in [2.75, 3.05) is 20.3 Å². The third-order valence-corrected chi connectivity index (χ3v) is 8.50. The Morgan fingerprint density at radius 1 is 1.11 bits per heavy atom. The van der Waals surface area contributed by atoms with E-state index >= 15 is 0 Å². The van der Waals surface area contributed by atoms with E-state index in [4.69, 9.17) is 14.2 Å². The van der Waals surface area contributed by atoms with Crippen molar-refractivity contribution in [1.82, 2.24) is 25.1 Å². The molecule has 1 saturated carbocycles. The van der Waals surface area contributed by atoms with Crippen molar-refractivity contribution in [2.24, 2.45) is 5.92 Å². The molecule has 1 amide bonds. The average molecular weight is 538 g/mol. The number of carbonyl (C=O) groups is 1. The van der Waals surface area contributed by atoms with Crippen molar-refractivity contribution in [3.63, 3.8) is 0 Å². The normalized spacial score (nSPS) is 14.3. The first-order valence-electron chi connectivity index (χ1n) is 13.4. The third-order valence-electron chi connectivity index (χ3n) is 6.79. The Bertz CT molecular complexity index is 1200.